The molecule has 0 aliphatic carbocycles. The topological polar surface area (TPSA) is 58.6 Å². The molecule has 2 aromatic rings. The van der Waals surface area contributed by atoms with Crippen molar-refractivity contribution < 1.29 is 26.3 Å². The zero-order valence-corrected chi connectivity index (χ0v) is 19.4. The molecule has 0 aromatic heterocycles. The van der Waals surface area contributed by atoms with E-state index in [2.05, 4.69) is 28.2 Å². The van der Waals surface area contributed by atoms with E-state index in [4.69, 9.17) is 11.6 Å². The highest BCUT2D eigenvalue weighted by Gasteiger charge is 2.43. The molecule has 1 aliphatic rings. The van der Waals surface area contributed by atoms with Crippen LogP contribution in [0.15, 0.2) is 53.4 Å². The van der Waals surface area contributed by atoms with Crippen LogP contribution in [0.1, 0.15) is 32.3 Å². The Morgan fingerprint density at radius 1 is 1.12 bits per heavy atom. The second-order valence-electron chi connectivity index (χ2n) is 8.42. The summed E-state index contributed by atoms with van der Waals surface area (Å²) in [7, 11) is -4.02. The minimum atomic E-state index is -4.85. The van der Waals surface area contributed by atoms with Crippen LogP contribution in [0.4, 0.5) is 13.2 Å². The lowest BCUT2D eigenvalue weighted by molar-refractivity contribution is -0.274. The highest BCUT2D eigenvalue weighted by atomic mass is 35.5. The smallest absolute Gasteiger partial charge is 0.406 e. The number of sulfonamides is 1. The van der Waals surface area contributed by atoms with E-state index in [1.165, 1.54) is 0 Å². The molecule has 176 valence electrons. The van der Waals surface area contributed by atoms with Crippen molar-refractivity contribution in [3.63, 3.8) is 0 Å². The van der Waals surface area contributed by atoms with Crippen LogP contribution in [0.3, 0.4) is 0 Å². The number of nitrogens with zero attached hydrogens (tertiary/aromatic N) is 1. The van der Waals surface area contributed by atoms with Gasteiger partial charge >= 0.3 is 6.36 Å². The summed E-state index contributed by atoms with van der Waals surface area (Å²) >= 11 is 6.03. The maximum absolute atomic E-state index is 13.2. The van der Waals surface area contributed by atoms with E-state index >= 15 is 0 Å². The summed E-state index contributed by atoms with van der Waals surface area (Å²) < 4.78 is 70.2. The van der Waals surface area contributed by atoms with E-state index in [-0.39, 0.29) is 4.90 Å². The SMILES string of the molecule is CC(C)CCN1CC[C@](NS(=O)(=O)c2ccc(OC(F)(F)F)cc2)(c2ccc(Cl)cc2)C1. The number of benzene rings is 2. The average molecular weight is 491 g/mol. The molecule has 1 N–H and O–H groups in total. The number of ether oxygens (including phenoxy) is 1. The summed E-state index contributed by atoms with van der Waals surface area (Å²) in [6.45, 7) is 6.32. The van der Waals surface area contributed by atoms with Gasteiger partial charge in [0.1, 0.15) is 5.75 Å². The quantitative estimate of drug-likeness (QED) is 0.555. The largest absolute Gasteiger partial charge is 0.573 e. The maximum Gasteiger partial charge on any atom is 0.573 e. The Morgan fingerprint density at radius 3 is 2.31 bits per heavy atom. The third-order valence-corrected chi connectivity index (χ3v) is 7.27. The first-order valence-electron chi connectivity index (χ1n) is 10.3. The molecule has 32 heavy (non-hydrogen) atoms. The molecule has 2 aromatic carbocycles. The molecule has 5 nitrogen and oxygen atoms in total. The van der Waals surface area contributed by atoms with Crippen molar-refractivity contribution in [3.8, 4) is 5.75 Å². The number of halogens is 4. The second-order valence-corrected chi connectivity index (χ2v) is 10.5. The Bertz CT molecular complexity index is 1010. The molecule has 0 saturated carbocycles. The Kier molecular flexibility index (Phi) is 7.44. The van der Waals surface area contributed by atoms with Crippen LogP contribution in [-0.4, -0.2) is 39.3 Å². The Balaban J connectivity index is 1.86. The third-order valence-electron chi connectivity index (χ3n) is 5.47. The van der Waals surface area contributed by atoms with Crippen LogP contribution in [0, 0.1) is 5.92 Å². The monoisotopic (exact) mass is 490 g/mol. The molecule has 1 saturated heterocycles. The normalized spacial score (nSPS) is 20.1. The van der Waals surface area contributed by atoms with Crippen molar-refractivity contribution >= 4 is 21.6 Å². The predicted molar refractivity (Wildman–Crippen MR) is 117 cm³/mol. The first-order chi connectivity index (χ1) is 14.9. The van der Waals surface area contributed by atoms with Gasteiger partial charge < -0.3 is 9.64 Å². The predicted octanol–water partition coefficient (Wildman–Crippen LogP) is 5.16. The molecule has 1 heterocycles. The number of likely N-dealkylation sites (tertiary alicyclic amines) is 1. The van der Waals surface area contributed by atoms with E-state index in [9.17, 15) is 21.6 Å². The van der Waals surface area contributed by atoms with Crippen molar-refractivity contribution in [1.82, 2.24) is 9.62 Å². The molecule has 1 fully saturated rings. The van der Waals surface area contributed by atoms with E-state index in [1.807, 2.05) is 0 Å². The van der Waals surface area contributed by atoms with E-state index in [1.54, 1.807) is 24.3 Å². The van der Waals surface area contributed by atoms with E-state index in [0.717, 1.165) is 49.3 Å². The Labute approximate surface area is 191 Å². The molecule has 10 heteroatoms. The fraction of sp³-hybridized carbons (Fsp3) is 0.455. The van der Waals surface area contributed by atoms with Gasteiger partial charge in [-0.1, -0.05) is 37.6 Å². The van der Waals surface area contributed by atoms with Gasteiger partial charge in [0.25, 0.3) is 0 Å². The van der Waals surface area contributed by atoms with Gasteiger partial charge in [0, 0.05) is 18.1 Å². The fourth-order valence-electron chi connectivity index (χ4n) is 3.80. The number of rotatable bonds is 8. The van der Waals surface area contributed by atoms with Gasteiger partial charge in [-0.25, -0.2) is 8.42 Å². The van der Waals surface area contributed by atoms with Crippen LogP contribution >= 0.6 is 11.6 Å². The summed E-state index contributed by atoms with van der Waals surface area (Å²) in [5.41, 5.74) is -0.0869. The Morgan fingerprint density at radius 2 is 1.75 bits per heavy atom. The van der Waals surface area contributed by atoms with Crippen molar-refractivity contribution in [2.75, 3.05) is 19.6 Å². The molecule has 0 spiro atoms. The lowest BCUT2D eigenvalue weighted by Crippen LogP contribution is -2.47. The number of alkyl halides is 3. The zero-order valence-electron chi connectivity index (χ0n) is 17.8. The molecule has 3 rings (SSSR count). The molecule has 1 atom stereocenters. The summed E-state index contributed by atoms with van der Waals surface area (Å²) in [6.07, 6.45) is -3.30. The maximum atomic E-state index is 13.2. The Hall–Kier alpha value is -1.81. The van der Waals surface area contributed by atoms with Crippen LogP contribution in [0.25, 0.3) is 0 Å². The first kappa shape index (κ1) is 24.8. The fourth-order valence-corrected chi connectivity index (χ4v) is 5.34. The molecular weight excluding hydrogens is 465 g/mol. The van der Waals surface area contributed by atoms with Crippen molar-refractivity contribution in [2.24, 2.45) is 5.92 Å². The minimum Gasteiger partial charge on any atom is -0.406 e. The molecular formula is C22H26ClF3N2O3S. The van der Waals surface area contributed by atoms with Gasteiger partial charge in [-0.05, 0) is 67.3 Å². The van der Waals surface area contributed by atoms with Crippen molar-refractivity contribution in [2.45, 2.75) is 43.5 Å². The molecule has 0 amide bonds. The van der Waals surface area contributed by atoms with Crippen LogP contribution in [0.5, 0.6) is 5.75 Å². The zero-order chi connectivity index (χ0) is 23.6. The molecule has 0 radical (unpaired) electrons. The van der Waals surface area contributed by atoms with Gasteiger partial charge in [-0.15, -0.1) is 13.2 Å². The number of nitrogens with one attached hydrogen (secondary N) is 1. The average Bonchev–Trinajstić information content (AvgIpc) is 3.09. The lowest BCUT2D eigenvalue weighted by Gasteiger charge is -2.31. The van der Waals surface area contributed by atoms with E-state index < -0.39 is 27.7 Å². The second kappa shape index (κ2) is 9.59. The molecule has 0 unspecified atom stereocenters. The van der Waals surface area contributed by atoms with Gasteiger partial charge in [0.15, 0.2) is 0 Å². The van der Waals surface area contributed by atoms with Crippen LogP contribution in [0.2, 0.25) is 5.02 Å². The standard InChI is InChI=1S/C22H26ClF3N2O3S/c1-16(2)11-13-28-14-12-21(15-28,17-3-5-18(23)6-4-17)27-32(29,30)20-9-7-19(8-10-20)31-22(24,25)26/h3-10,16,27H,11-15H2,1-2H3/t21-/m1/s1. The molecule has 1 aliphatic heterocycles. The van der Waals surface area contributed by atoms with E-state index in [0.29, 0.717) is 23.9 Å². The highest BCUT2D eigenvalue weighted by Crippen LogP contribution is 2.35. The lowest BCUT2D eigenvalue weighted by atomic mass is 9.90. The summed E-state index contributed by atoms with van der Waals surface area (Å²) in [5.74, 6) is 0.0410. The van der Waals surface area contributed by atoms with Crippen molar-refractivity contribution in [1.29, 1.82) is 0 Å². The third kappa shape index (κ3) is 6.37. The highest BCUT2D eigenvalue weighted by molar-refractivity contribution is 7.89. The van der Waals surface area contributed by atoms with Crippen LogP contribution < -0.4 is 9.46 Å². The van der Waals surface area contributed by atoms with Crippen LogP contribution in [-0.2, 0) is 15.6 Å². The first-order valence-corrected chi connectivity index (χ1v) is 12.1. The summed E-state index contributed by atoms with van der Waals surface area (Å²) in [6, 6.07) is 11.2. The van der Waals surface area contributed by atoms with Gasteiger partial charge in [-0.2, -0.15) is 4.72 Å². The summed E-state index contributed by atoms with van der Waals surface area (Å²) in [5, 5.41) is 0.543. The van der Waals surface area contributed by atoms with Crippen molar-refractivity contribution in [3.05, 3.63) is 59.1 Å². The minimum absolute atomic E-state index is 0.138. The number of hydrogen-bond acceptors (Lipinski definition) is 4. The summed E-state index contributed by atoms with van der Waals surface area (Å²) in [4.78, 5) is 2.08. The van der Waals surface area contributed by atoms with Gasteiger partial charge in [0.05, 0.1) is 10.4 Å². The molecule has 0 bridgehead atoms. The van der Waals surface area contributed by atoms with Gasteiger partial charge in [-0.3, -0.25) is 0 Å². The van der Waals surface area contributed by atoms with Gasteiger partial charge in [0.2, 0.25) is 10.0 Å². The number of hydrogen-bond donors (Lipinski definition) is 1.